The number of hydrogen-bond donors (Lipinski definition) is 0. The first-order valence-corrected chi connectivity index (χ1v) is 4.48. The zero-order chi connectivity index (χ0) is 9.40. The molecule has 68 valence electrons. The van der Waals surface area contributed by atoms with Crippen LogP contribution in [-0.2, 0) is 0 Å². The predicted molar refractivity (Wildman–Crippen MR) is 56.8 cm³/mol. The molecule has 0 spiro atoms. The molecular formula is C11H19N. The third-order valence-electron chi connectivity index (χ3n) is 1.33. The van der Waals surface area contributed by atoms with E-state index < -0.39 is 0 Å². The van der Waals surface area contributed by atoms with Gasteiger partial charge in [-0.3, -0.25) is 4.99 Å². The van der Waals surface area contributed by atoms with Gasteiger partial charge in [-0.05, 0) is 27.7 Å². The Morgan fingerprint density at radius 3 is 2.50 bits per heavy atom. The zero-order valence-corrected chi connectivity index (χ0v) is 8.54. The van der Waals surface area contributed by atoms with E-state index in [-0.39, 0.29) is 0 Å². The van der Waals surface area contributed by atoms with Crippen molar-refractivity contribution in [2.45, 2.75) is 40.2 Å². The molecule has 12 heavy (non-hydrogen) atoms. The van der Waals surface area contributed by atoms with Gasteiger partial charge in [0.25, 0.3) is 0 Å². The zero-order valence-electron chi connectivity index (χ0n) is 8.54. The van der Waals surface area contributed by atoms with Crippen molar-refractivity contribution in [3.63, 3.8) is 0 Å². The fourth-order valence-electron chi connectivity index (χ4n) is 0.922. The minimum Gasteiger partial charge on any atom is -0.291 e. The Kier molecular flexibility index (Phi) is 6.35. The standard InChI is InChI=1S/C11H19N/c1-5-6-7-8-9-11(4)12-10(2)3/h5-8,10H,9H2,1-4H3/b6-5+,8-7+,12-11?. The monoisotopic (exact) mass is 165 g/mol. The molecule has 0 bridgehead atoms. The highest BCUT2D eigenvalue weighted by molar-refractivity contribution is 5.83. The van der Waals surface area contributed by atoms with Crippen LogP contribution >= 0.6 is 0 Å². The van der Waals surface area contributed by atoms with E-state index in [4.69, 9.17) is 0 Å². The molecular weight excluding hydrogens is 146 g/mol. The summed E-state index contributed by atoms with van der Waals surface area (Å²) in [6.45, 7) is 8.28. The second-order valence-corrected chi connectivity index (χ2v) is 3.12. The van der Waals surface area contributed by atoms with Crippen molar-refractivity contribution >= 4 is 5.71 Å². The summed E-state index contributed by atoms with van der Waals surface area (Å²) in [5.41, 5.74) is 1.20. The van der Waals surface area contributed by atoms with Crippen molar-refractivity contribution in [1.29, 1.82) is 0 Å². The average molecular weight is 165 g/mol. The summed E-state index contributed by atoms with van der Waals surface area (Å²) in [5, 5.41) is 0. The van der Waals surface area contributed by atoms with Gasteiger partial charge in [-0.25, -0.2) is 0 Å². The van der Waals surface area contributed by atoms with Gasteiger partial charge in [-0.2, -0.15) is 0 Å². The smallest absolute Gasteiger partial charge is 0.0442 e. The summed E-state index contributed by atoms with van der Waals surface area (Å²) in [7, 11) is 0. The Morgan fingerprint density at radius 2 is 2.00 bits per heavy atom. The summed E-state index contributed by atoms with van der Waals surface area (Å²) in [5.74, 6) is 0. The van der Waals surface area contributed by atoms with Gasteiger partial charge in [0.2, 0.25) is 0 Å². The number of allylic oxidation sites excluding steroid dienone is 4. The van der Waals surface area contributed by atoms with Crippen molar-refractivity contribution in [1.82, 2.24) is 0 Å². The minimum atomic E-state index is 0.417. The second-order valence-electron chi connectivity index (χ2n) is 3.12. The number of aliphatic imine (C=N–C) groups is 1. The maximum atomic E-state index is 4.42. The maximum absolute atomic E-state index is 4.42. The van der Waals surface area contributed by atoms with Gasteiger partial charge < -0.3 is 0 Å². The van der Waals surface area contributed by atoms with E-state index in [2.05, 4.69) is 37.9 Å². The molecule has 0 unspecified atom stereocenters. The molecule has 0 fully saturated rings. The van der Waals surface area contributed by atoms with Gasteiger partial charge in [0.1, 0.15) is 0 Å². The third-order valence-corrected chi connectivity index (χ3v) is 1.33. The van der Waals surface area contributed by atoms with Crippen LogP contribution in [0, 0.1) is 0 Å². The Morgan fingerprint density at radius 1 is 1.33 bits per heavy atom. The number of hydrogen-bond acceptors (Lipinski definition) is 1. The first-order chi connectivity index (χ1) is 5.66. The van der Waals surface area contributed by atoms with Crippen molar-refractivity contribution in [2.75, 3.05) is 0 Å². The van der Waals surface area contributed by atoms with Gasteiger partial charge in [-0.15, -0.1) is 0 Å². The molecule has 0 amide bonds. The molecule has 0 saturated carbocycles. The van der Waals surface area contributed by atoms with E-state index in [1.54, 1.807) is 0 Å². The lowest BCUT2D eigenvalue weighted by Gasteiger charge is -1.98. The topological polar surface area (TPSA) is 12.4 Å². The molecule has 0 atom stereocenters. The molecule has 0 heterocycles. The van der Waals surface area contributed by atoms with Crippen LogP contribution in [0.2, 0.25) is 0 Å². The summed E-state index contributed by atoms with van der Waals surface area (Å²) in [6.07, 6.45) is 9.19. The first-order valence-electron chi connectivity index (χ1n) is 4.48. The molecule has 0 N–H and O–H groups in total. The maximum Gasteiger partial charge on any atom is 0.0442 e. The van der Waals surface area contributed by atoms with E-state index in [9.17, 15) is 0 Å². The highest BCUT2D eigenvalue weighted by Gasteiger charge is 1.89. The van der Waals surface area contributed by atoms with Gasteiger partial charge in [0.05, 0.1) is 0 Å². The van der Waals surface area contributed by atoms with Crippen LogP contribution in [0.4, 0.5) is 0 Å². The third kappa shape index (κ3) is 7.26. The highest BCUT2D eigenvalue weighted by atomic mass is 14.8. The van der Waals surface area contributed by atoms with E-state index >= 15 is 0 Å². The van der Waals surface area contributed by atoms with E-state index in [1.807, 2.05) is 19.1 Å². The van der Waals surface area contributed by atoms with Crippen molar-refractivity contribution in [2.24, 2.45) is 4.99 Å². The van der Waals surface area contributed by atoms with E-state index in [0.29, 0.717) is 6.04 Å². The van der Waals surface area contributed by atoms with Crippen molar-refractivity contribution in [3.8, 4) is 0 Å². The Labute approximate surface area is 75.9 Å². The average Bonchev–Trinajstić information content (AvgIpc) is 1.97. The number of rotatable bonds is 4. The highest BCUT2D eigenvalue weighted by Crippen LogP contribution is 1.94. The molecule has 0 rings (SSSR count). The van der Waals surface area contributed by atoms with Crippen LogP contribution in [0.25, 0.3) is 0 Å². The lowest BCUT2D eigenvalue weighted by Crippen LogP contribution is -1.96. The Hall–Kier alpha value is -0.850. The molecule has 0 aliphatic rings. The van der Waals surface area contributed by atoms with Crippen LogP contribution < -0.4 is 0 Å². The molecule has 1 nitrogen and oxygen atoms in total. The molecule has 0 aliphatic heterocycles. The van der Waals surface area contributed by atoms with Crippen LogP contribution in [0.3, 0.4) is 0 Å². The van der Waals surface area contributed by atoms with Crippen molar-refractivity contribution < 1.29 is 0 Å². The largest absolute Gasteiger partial charge is 0.291 e. The van der Waals surface area contributed by atoms with Gasteiger partial charge in [-0.1, -0.05) is 24.3 Å². The van der Waals surface area contributed by atoms with Crippen LogP contribution in [0.5, 0.6) is 0 Å². The molecule has 0 aromatic heterocycles. The van der Waals surface area contributed by atoms with Crippen LogP contribution in [0.1, 0.15) is 34.1 Å². The molecule has 0 aliphatic carbocycles. The Balaban J connectivity index is 3.77. The summed E-state index contributed by atoms with van der Waals surface area (Å²) < 4.78 is 0. The van der Waals surface area contributed by atoms with Crippen molar-refractivity contribution in [3.05, 3.63) is 24.3 Å². The summed E-state index contributed by atoms with van der Waals surface area (Å²) in [6, 6.07) is 0.417. The lowest BCUT2D eigenvalue weighted by atomic mass is 10.2. The van der Waals surface area contributed by atoms with Gasteiger partial charge in [0, 0.05) is 18.2 Å². The molecule has 0 aromatic carbocycles. The SMILES string of the molecule is C/C=C/C=C/CC(C)=NC(C)C. The molecule has 0 aromatic rings. The molecule has 1 heteroatoms. The second kappa shape index (κ2) is 6.84. The summed E-state index contributed by atoms with van der Waals surface area (Å²) >= 11 is 0. The normalized spacial score (nSPS) is 13.9. The predicted octanol–water partition coefficient (Wildman–Crippen LogP) is 3.38. The summed E-state index contributed by atoms with van der Waals surface area (Å²) in [4.78, 5) is 4.42. The fraction of sp³-hybridized carbons (Fsp3) is 0.545. The lowest BCUT2D eigenvalue weighted by molar-refractivity contribution is 0.832. The van der Waals surface area contributed by atoms with E-state index in [1.165, 1.54) is 5.71 Å². The van der Waals surface area contributed by atoms with E-state index in [0.717, 1.165) is 6.42 Å². The molecule has 0 saturated heterocycles. The minimum absolute atomic E-state index is 0.417. The first kappa shape index (κ1) is 11.2. The Bertz CT molecular complexity index is 185. The van der Waals surface area contributed by atoms with Gasteiger partial charge >= 0.3 is 0 Å². The fourth-order valence-corrected chi connectivity index (χ4v) is 0.922. The molecule has 0 radical (unpaired) electrons. The van der Waals surface area contributed by atoms with Crippen LogP contribution in [0.15, 0.2) is 29.3 Å². The van der Waals surface area contributed by atoms with Gasteiger partial charge in [0.15, 0.2) is 0 Å². The van der Waals surface area contributed by atoms with Crippen LogP contribution in [-0.4, -0.2) is 11.8 Å². The quantitative estimate of drug-likeness (QED) is 0.447. The number of nitrogens with zero attached hydrogens (tertiary/aromatic N) is 1.